The number of anilines is 1. The Bertz CT molecular complexity index is 610. The van der Waals surface area contributed by atoms with E-state index in [4.69, 9.17) is 4.42 Å². The molecule has 1 N–H and O–H groups in total. The van der Waals surface area contributed by atoms with E-state index in [0.29, 0.717) is 5.22 Å². The Morgan fingerprint density at radius 2 is 2.00 bits per heavy atom. The Kier molecular flexibility index (Phi) is 5.22. The molecule has 2 rings (SSSR count). The third-order valence-electron chi connectivity index (χ3n) is 2.96. The van der Waals surface area contributed by atoms with Crippen LogP contribution in [0.3, 0.4) is 0 Å². The summed E-state index contributed by atoms with van der Waals surface area (Å²) in [5, 5.41) is 4.89. The molecule has 2 aromatic rings. The number of oxazole rings is 1. The van der Waals surface area contributed by atoms with Crippen molar-refractivity contribution >= 4 is 17.6 Å². The van der Waals surface area contributed by atoms with Gasteiger partial charge in [-0.05, 0) is 32.0 Å². The first-order chi connectivity index (χ1) is 10.0. The molecule has 0 aliphatic carbocycles. The van der Waals surface area contributed by atoms with Gasteiger partial charge in [0.25, 0.3) is 5.22 Å². The zero-order valence-electron chi connectivity index (χ0n) is 13.2. The molecule has 0 saturated heterocycles. The Hall–Kier alpha value is -1.56. The van der Waals surface area contributed by atoms with Gasteiger partial charge in [0.1, 0.15) is 22.9 Å². The summed E-state index contributed by atoms with van der Waals surface area (Å²) < 4.78 is 5.42. The minimum absolute atomic E-state index is 0.276. The van der Waals surface area contributed by atoms with Crippen molar-refractivity contribution in [1.82, 2.24) is 15.0 Å². The molecule has 0 spiro atoms. The van der Waals surface area contributed by atoms with E-state index >= 15 is 0 Å². The second-order valence-corrected chi connectivity index (χ2v) is 6.24. The highest BCUT2D eigenvalue weighted by Crippen LogP contribution is 2.31. The van der Waals surface area contributed by atoms with Crippen LogP contribution in [0.2, 0.25) is 0 Å². The maximum absolute atomic E-state index is 5.42. The quantitative estimate of drug-likeness (QED) is 0.808. The molecule has 0 aromatic carbocycles. The summed E-state index contributed by atoms with van der Waals surface area (Å²) in [5.41, 5.74) is 1.91. The molecule has 0 saturated carbocycles. The molecule has 5 nitrogen and oxygen atoms in total. The lowest BCUT2D eigenvalue weighted by molar-refractivity contribution is 0.453. The zero-order valence-corrected chi connectivity index (χ0v) is 14.0. The molecule has 6 heteroatoms. The van der Waals surface area contributed by atoms with Gasteiger partial charge < -0.3 is 9.73 Å². The van der Waals surface area contributed by atoms with Crippen LogP contribution in [-0.2, 0) is 0 Å². The van der Waals surface area contributed by atoms with E-state index in [1.807, 2.05) is 13.8 Å². The standard InChI is InChI=1S/C15H22N4OS/c1-6-7-16-13-11(5)14(19-12(18-13)9(2)3)21-15-17-10(4)8-20-15/h8-9H,6-7H2,1-5H3,(H,16,18,19). The number of nitrogens with one attached hydrogen (secondary N) is 1. The SMILES string of the molecule is CCCNc1nc(C(C)C)nc(Sc2nc(C)co2)c1C. The van der Waals surface area contributed by atoms with Crippen molar-refractivity contribution in [3.05, 3.63) is 23.3 Å². The van der Waals surface area contributed by atoms with Crippen molar-refractivity contribution in [3.8, 4) is 0 Å². The highest BCUT2D eigenvalue weighted by molar-refractivity contribution is 7.99. The normalized spacial score (nSPS) is 11.1. The molecule has 0 radical (unpaired) electrons. The smallest absolute Gasteiger partial charge is 0.262 e. The number of hydrogen-bond donors (Lipinski definition) is 1. The molecule has 2 aromatic heterocycles. The molecular weight excluding hydrogens is 284 g/mol. The van der Waals surface area contributed by atoms with Crippen molar-refractivity contribution in [3.63, 3.8) is 0 Å². The van der Waals surface area contributed by atoms with Gasteiger partial charge in [-0.25, -0.2) is 15.0 Å². The second-order valence-electron chi connectivity index (χ2n) is 5.30. The minimum Gasteiger partial charge on any atom is -0.439 e. The number of hydrogen-bond acceptors (Lipinski definition) is 6. The van der Waals surface area contributed by atoms with Crippen LogP contribution in [-0.4, -0.2) is 21.5 Å². The molecule has 0 aliphatic rings. The van der Waals surface area contributed by atoms with E-state index in [1.54, 1.807) is 6.26 Å². The summed E-state index contributed by atoms with van der Waals surface area (Å²) in [7, 11) is 0. The molecule has 0 aliphatic heterocycles. The molecule has 0 fully saturated rings. The summed E-state index contributed by atoms with van der Waals surface area (Å²) in [6.45, 7) is 11.2. The van der Waals surface area contributed by atoms with Crippen molar-refractivity contribution in [2.75, 3.05) is 11.9 Å². The third kappa shape index (κ3) is 3.97. The number of rotatable bonds is 6. The van der Waals surface area contributed by atoms with Crippen LogP contribution >= 0.6 is 11.8 Å². The first-order valence-electron chi connectivity index (χ1n) is 7.23. The van der Waals surface area contributed by atoms with E-state index in [2.05, 4.69) is 41.0 Å². The Morgan fingerprint density at radius 1 is 1.24 bits per heavy atom. The first kappa shape index (κ1) is 15.8. The van der Waals surface area contributed by atoms with E-state index in [9.17, 15) is 0 Å². The summed E-state index contributed by atoms with van der Waals surface area (Å²) >= 11 is 1.45. The maximum atomic E-state index is 5.42. The molecule has 0 unspecified atom stereocenters. The van der Waals surface area contributed by atoms with Crippen LogP contribution < -0.4 is 5.32 Å². The van der Waals surface area contributed by atoms with E-state index in [0.717, 1.165) is 40.9 Å². The van der Waals surface area contributed by atoms with E-state index < -0.39 is 0 Å². The monoisotopic (exact) mass is 306 g/mol. The molecule has 0 bridgehead atoms. The fourth-order valence-corrected chi connectivity index (χ4v) is 2.59. The molecule has 2 heterocycles. The second kappa shape index (κ2) is 6.93. The molecule has 0 amide bonds. The van der Waals surface area contributed by atoms with Crippen LogP contribution in [0.4, 0.5) is 5.82 Å². The predicted molar refractivity (Wildman–Crippen MR) is 85.0 cm³/mol. The topological polar surface area (TPSA) is 63.8 Å². The number of aryl methyl sites for hydroxylation is 1. The van der Waals surface area contributed by atoms with Gasteiger partial charge in [0, 0.05) is 18.0 Å². The van der Waals surface area contributed by atoms with Gasteiger partial charge in [-0.1, -0.05) is 20.8 Å². The van der Waals surface area contributed by atoms with Crippen molar-refractivity contribution in [2.24, 2.45) is 0 Å². The average Bonchev–Trinajstić information content (AvgIpc) is 2.84. The van der Waals surface area contributed by atoms with E-state index in [-0.39, 0.29) is 5.92 Å². The van der Waals surface area contributed by atoms with Crippen LogP contribution in [0.5, 0.6) is 0 Å². The van der Waals surface area contributed by atoms with Gasteiger partial charge in [-0.15, -0.1) is 0 Å². The van der Waals surface area contributed by atoms with Crippen LogP contribution in [0, 0.1) is 13.8 Å². The Labute approximate surface area is 130 Å². The van der Waals surface area contributed by atoms with Crippen molar-refractivity contribution < 1.29 is 4.42 Å². The largest absolute Gasteiger partial charge is 0.439 e. The first-order valence-corrected chi connectivity index (χ1v) is 8.05. The highest BCUT2D eigenvalue weighted by Gasteiger charge is 2.15. The summed E-state index contributed by atoms with van der Waals surface area (Å²) in [6, 6.07) is 0. The Morgan fingerprint density at radius 3 is 2.57 bits per heavy atom. The lowest BCUT2D eigenvalue weighted by Gasteiger charge is -2.14. The van der Waals surface area contributed by atoms with Crippen LogP contribution in [0.25, 0.3) is 0 Å². The molecule has 114 valence electrons. The van der Waals surface area contributed by atoms with Gasteiger partial charge in [-0.3, -0.25) is 0 Å². The molecular formula is C15H22N4OS. The number of aromatic nitrogens is 3. The lowest BCUT2D eigenvalue weighted by Crippen LogP contribution is -2.09. The average molecular weight is 306 g/mol. The summed E-state index contributed by atoms with van der Waals surface area (Å²) in [4.78, 5) is 13.6. The zero-order chi connectivity index (χ0) is 15.4. The maximum Gasteiger partial charge on any atom is 0.262 e. The summed E-state index contributed by atoms with van der Waals surface area (Å²) in [6.07, 6.45) is 2.71. The van der Waals surface area contributed by atoms with Crippen molar-refractivity contribution in [1.29, 1.82) is 0 Å². The third-order valence-corrected chi connectivity index (χ3v) is 3.91. The van der Waals surface area contributed by atoms with Gasteiger partial charge >= 0.3 is 0 Å². The summed E-state index contributed by atoms with van der Waals surface area (Å²) in [5.74, 6) is 2.02. The van der Waals surface area contributed by atoms with Crippen molar-refractivity contribution in [2.45, 2.75) is 57.2 Å². The van der Waals surface area contributed by atoms with Crippen LogP contribution in [0.1, 0.15) is 50.2 Å². The van der Waals surface area contributed by atoms with E-state index in [1.165, 1.54) is 11.8 Å². The lowest BCUT2D eigenvalue weighted by atomic mass is 10.2. The molecule has 21 heavy (non-hydrogen) atoms. The Balaban J connectivity index is 2.35. The molecule has 0 atom stereocenters. The fourth-order valence-electron chi connectivity index (χ4n) is 1.75. The van der Waals surface area contributed by atoms with Gasteiger partial charge in [0.05, 0.1) is 5.69 Å². The van der Waals surface area contributed by atoms with Gasteiger partial charge in [0.15, 0.2) is 0 Å². The van der Waals surface area contributed by atoms with Gasteiger partial charge in [-0.2, -0.15) is 0 Å². The fraction of sp³-hybridized carbons (Fsp3) is 0.533. The highest BCUT2D eigenvalue weighted by atomic mass is 32.2. The predicted octanol–water partition coefficient (Wildman–Crippen LogP) is 4.18. The number of nitrogens with zero attached hydrogens (tertiary/aromatic N) is 3. The minimum atomic E-state index is 0.276. The van der Waals surface area contributed by atoms with Gasteiger partial charge in [0.2, 0.25) is 0 Å². The van der Waals surface area contributed by atoms with Crippen LogP contribution in [0.15, 0.2) is 20.9 Å².